The standard InChI is InChI=1S/C15H13F3N2OS2/c16-15(17,18)10-3-5-11(6-4-10)19-14(21)20-7-9-23-13(20)12-2-1-8-22-12/h1-6,8,13H,7,9H2,(H,19,21). The molecule has 2 heterocycles. The zero-order valence-corrected chi connectivity index (χ0v) is 13.5. The first-order valence-corrected chi connectivity index (χ1v) is 8.78. The van der Waals surface area contributed by atoms with Gasteiger partial charge in [-0.05, 0) is 35.7 Å². The third-order valence-electron chi connectivity index (χ3n) is 3.40. The number of carbonyl (C=O) groups is 1. The molecule has 3 nitrogen and oxygen atoms in total. The fourth-order valence-electron chi connectivity index (χ4n) is 2.28. The molecule has 2 aromatic rings. The molecule has 1 saturated heterocycles. The Hall–Kier alpha value is -1.67. The van der Waals surface area contributed by atoms with Gasteiger partial charge in [0.1, 0.15) is 5.37 Å². The van der Waals surface area contributed by atoms with Crippen LogP contribution in [-0.4, -0.2) is 23.2 Å². The molecule has 1 fully saturated rings. The number of rotatable bonds is 2. The maximum Gasteiger partial charge on any atom is 0.416 e. The number of halogens is 3. The molecule has 0 aliphatic carbocycles. The molecule has 0 saturated carbocycles. The number of urea groups is 1. The van der Waals surface area contributed by atoms with Crippen molar-refractivity contribution in [2.45, 2.75) is 11.6 Å². The molecule has 23 heavy (non-hydrogen) atoms. The summed E-state index contributed by atoms with van der Waals surface area (Å²) in [6, 6.07) is 8.08. The van der Waals surface area contributed by atoms with Gasteiger partial charge in [-0.15, -0.1) is 23.1 Å². The van der Waals surface area contributed by atoms with Crippen molar-refractivity contribution in [3.8, 4) is 0 Å². The lowest BCUT2D eigenvalue weighted by Crippen LogP contribution is -2.34. The number of nitrogens with one attached hydrogen (secondary N) is 1. The summed E-state index contributed by atoms with van der Waals surface area (Å²) in [4.78, 5) is 15.2. The van der Waals surface area contributed by atoms with E-state index >= 15 is 0 Å². The van der Waals surface area contributed by atoms with Gasteiger partial charge in [-0.2, -0.15) is 13.2 Å². The first-order valence-electron chi connectivity index (χ1n) is 6.85. The van der Waals surface area contributed by atoms with E-state index in [-0.39, 0.29) is 11.4 Å². The summed E-state index contributed by atoms with van der Waals surface area (Å²) in [5, 5.41) is 4.59. The van der Waals surface area contributed by atoms with Crippen molar-refractivity contribution in [2.75, 3.05) is 17.6 Å². The molecule has 0 spiro atoms. The molecule has 0 radical (unpaired) electrons. The summed E-state index contributed by atoms with van der Waals surface area (Å²) in [6.45, 7) is 0.611. The molecule has 1 aliphatic heterocycles. The normalized spacial score (nSPS) is 18.2. The number of alkyl halides is 3. The van der Waals surface area contributed by atoms with E-state index < -0.39 is 11.7 Å². The Balaban J connectivity index is 1.69. The minimum atomic E-state index is -4.38. The first kappa shape index (κ1) is 16.2. The first-order chi connectivity index (χ1) is 10.9. The highest BCUT2D eigenvalue weighted by Crippen LogP contribution is 2.40. The molecule has 2 amide bonds. The van der Waals surface area contributed by atoms with Gasteiger partial charge >= 0.3 is 12.2 Å². The smallest absolute Gasteiger partial charge is 0.308 e. The fourth-order valence-corrected chi connectivity index (χ4v) is 4.52. The predicted octanol–water partition coefficient (Wildman–Crippen LogP) is 5.05. The third-order valence-corrected chi connectivity index (χ3v) is 5.72. The van der Waals surface area contributed by atoms with Crippen LogP contribution in [0.25, 0.3) is 0 Å². The Labute approximate surface area is 139 Å². The van der Waals surface area contributed by atoms with E-state index in [4.69, 9.17) is 0 Å². The fraction of sp³-hybridized carbons (Fsp3) is 0.267. The maximum absolute atomic E-state index is 12.5. The topological polar surface area (TPSA) is 32.3 Å². The van der Waals surface area contributed by atoms with Crippen molar-refractivity contribution >= 4 is 34.8 Å². The molecule has 1 aliphatic rings. The predicted molar refractivity (Wildman–Crippen MR) is 86.7 cm³/mol. The van der Waals surface area contributed by atoms with E-state index in [1.165, 1.54) is 12.1 Å². The SMILES string of the molecule is O=C(Nc1ccc(C(F)(F)F)cc1)N1CCSC1c1cccs1. The van der Waals surface area contributed by atoms with Crippen LogP contribution < -0.4 is 5.32 Å². The van der Waals surface area contributed by atoms with Gasteiger partial charge in [-0.25, -0.2) is 4.79 Å². The van der Waals surface area contributed by atoms with Crippen molar-refractivity contribution in [2.24, 2.45) is 0 Å². The highest BCUT2D eigenvalue weighted by molar-refractivity contribution is 7.99. The Kier molecular flexibility index (Phi) is 4.54. The van der Waals surface area contributed by atoms with Gasteiger partial charge in [-0.1, -0.05) is 6.07 Å². The molecular formula is C15H13F3N2OS2. The average molecular weight is 358 g/mol. The van der Waals surface area contributed by atoms with Gasteiger partial charge in [0.2, 0.25) is 0 Å². The van der Waals surface area contributed by atoms with Crippen molar-refractivity contribution in [1.82, 2.24) is 4.90 Å². The number of amides is 2. The largest absolute Gasteiger partial charge is 0.416 e. The molecule has 1 aromatic carbocycles. The van der Waals surface area contributed by atoms with E-state index in [0.717, 1.165) is 22.8 Å². The van der Waals surface area contributed by atoms with Gasteiger partial charge < -0.3 is 10.2 Å². The van der Waals surface area contributed by atoms with Crippen molar-refractivity contribution < 1.29 is 18.0 Å². The highest BCUT2D eigenvalue weighted by Gasteiger charge is 2.32. The molecule has 8 heteroatoms. The summed E-state index contributed by atoms with van der Waals surface area (Å²) in [6.07, 6.45) is -4.38. The number of anilines is 1. The van der Waals surface area contributed by atoms with E-state index in [1.807, 2.05) is 17.5 Å². The summed E-state index contributed by atoms with van der Waals surface area (Å²) in [5.74, 6) is 0.836. The second-order valence-corrected chi connectivity index (χ2v) is 7.10. The molecular weight excluding hydrogens is 345 g/mol. The van der Waals surface area contributed by atoms with Crippen LogP contribution in [0.1, 0.15) is 15.8 Å². The van der Waals surface area contributed by atoms with Crippen LogP contribution >= 0.6 is 23.1 Å². The number of nitrogens with zero attached hydrogens (tertiary/aromatic N) is 1. The Morgan fingerprint density at radius 2 is 1.96 bits per heavy atom. The van der Waals surface area contributed by atoms with E-state index in [0.29, 0.717) is 12.2 Å². The Morgan fingerprint density at radius 1 is 1.22 bits per heavy atom. The molecule has 3 rings (SSSR count). The average Bonchev–Trinajstić information content (AvgIpc) is 3.17. The summed E-state index contributed by atoms with van der Waals surface area (Å²) >= 11 is 3.26. The number of thioether (sulfide) groups is 1. The molecule has 1 unspecified atom stereocenters. The van der Waals surface area contributed by atoms with E-state index in [9.17, 15) is 18.0 Å². The highest BCUT2D eigenvalue weighted by atomic mass is 32.2. The van der Waals surface area contributed by atoms with Crippen LogP contribution in [0.15, 0.2) is 41.8 Å². The third kappa shape index (κ3) is 3.64. The number of hydrogen-bond donors (Lipinski definition) is 1. The molecule has 1 atom stereocenters. The minimum absolute atomic E-state index is 0.0375. The zero-order chi connectivity index (χ0) is 16.4. The van der Waals surface area contributed by atoms with Gasteiger partial charge in [-0.3, -0.25) is 0 Å². The van der Waals surface area contributed by atoms with Crippen LogP contribution in [0.3, 0.4) is 0 Å². The molecule has 1 aromatic heterocycles. The number of carbonyl (C=O) groups excluding carboxylic acids is 1. The second-order valence-electron chi connectivity index (χ2n) is 4.94. The van der Waals surface area contributed by atoms with Crippen molar-refractivity contribution in [3.05, 3.63) is 52.2 Å². The van der Waals surface area contributed by atoms with Gasteiger partial charge in [0.25, 0.3) is 0 Å². The van der Waals surface area contributed by atoms with Crippen LogP contribution in [-0.2, 0) is 6.18 Å². The Morgan fingerprint density at radius 3 is 2.57 bits per heavy atom. The maximum atomic E-state index is 12.5. The molecule has 0 bridgehead atoms. The van der Waals surface area contributed by atoms with Gasteiger partial charge in [0, 0.05) is 22.9 Å². The number of benzene rings is 1. The lowest BCUT2D eigenvalue weighted by molar-refractivity contribution is -0.137. The van der Waals surface area contributed by atoms with E-state index in [2.05, 4.69) is 5.32 Å². The van der Waals surface area contributed by atoms with E-state index in [1.54, 1.807) is 28.0 Å². The monoisotopic (exact) mass is 358 g/mol. The molecule has 1 N–H and O–H groups in total. The summed E-state index contributed by atoms with van der Waals surface area (Å²) < 4.78 is 37.6. The number of thiophene rings is 1. The zero-order valence-electron chi connectivity index (χ0n) is 11.8. The molecule has 122 valence electrons. The second kappa shape index (κ2) is 6.45. The summed E-state index contributed by atoms with van der Waals surface area (Å²) in [5.41, 5.74) is -0.381. The van der Waals surface area contributed by atoms with Gasteiger partial charge in [0.15, 0.2) is 0 Å². The van der Waals surface area contributed by atoms with Crippen molar-refractivity contribution in [1.29, 1.82) is 0 Å². The van der Waals surface area contributed by atoms with Crippen LogP contribution in [0.5, 0.6) is 0 Å². The lowest BCUT2D eigenvalue weighted by Gasteiger charge is -2.23. The number of hydrogen-bond acceptors (Lipinski definition) is 3. The van der Waals surface area contributed by atoms with Crippen LogP contribution in [0.2, 0.25) is 0 Å². The Bertz CT molecular complexity index is 671. The van der Waals surface area contributed by atoms with Gasteiger partial charge in [0.05, 0.1) is 5.56 Å². The van der Waals surface area contributed by atoms with Crippen LogP contribution in [0.4, 0.5) is 23.7 Å². The lowest BCUT2D eigenvalue weighted by atomic mass is 10.2. The quantitative estimate of drug-likeness (QED) is 0.815. The van der Waals surface area contributed by atoms with Crippen LogP contribution in [0, 0.1) is 0 Å². The minimum Gasteiger partial charge on any atom is -0.308 e. The summed E-state index contributed by atoms with van der Waals surface area (Å²) in [7, 11) is 0. The van der Waals surface area contributed by atoms with Crippen molar-refractivity contribution in [3.63, 3.8) is 0 Å².